The molecule has 2 aliphatic rings. The first kappa shape index (κ1) is 17.2. The summed E-state index contributed by atoms with van der Waals surface area (Å²) in [6.07, 6.45) is 5.52. The monoisotopic (exact) mass is 379 g/mol. The Hall–Kier alpha value is -0.630. The number of hydrogen-bond donors (Lipinski definition) is 0. The molecule has 0 aromatic carbocycles. The molecule has 1 saturated carbocycles. The first-order chi connectivity index (χ1) is 10.9. The summed E-state index contributed by atoms with van der Waals surface area (Å²) in [4.78, 5) is 12.1. The average Bonchev–Trinajstić information content (AvgIpc) is 3.08. The number of halogens is 2. The molecule has 0 N–H and O–H groups in total. The molecule has 1 aliphatic carbocycles. The van der Waals surface area contributed by atoms with Gasteiger partial charge in [-0.3, -0.25) is 4.79 Å². The number of rotatable bonds is 3. The zero-order chi connectivity index (χ0) is 16.6. The van der Waals surface area contributed by atoms with Crippen LogP contribution >= 0.6 is 23.2 Å². The van der Waals surface area contributed by atoms with Crippen LogP contribution in [0.4, 0.5) is 0 Å². The molecule has 6 nitrogen and oxygen atoms in total. The van der Waals surface area contributed by atoms with E-state index in [0.29, 0.717) is 38.8 Å². The molecule has 3 rings (SSSR count). The maximum atomic E-state index is 12.6. The van der Waals surface area contributed by atoms with E-state index in [1.54, 1.807) is 4.31 Å². The summed E-state index contributed by atoms with van der Waals surface area (Å²) in [6, 6.07) is -0.123. The summed E-state index contributed by atoms with van der Waals surface area (Å²) in [5.41, 5.74) is -0.412. The fraction of sp³-hybridized carbons (Fsp3) is 0.714. The Balaban J connectivity index is 1.72. The van der Waals surface area contributed by atoms with Crippen molar-refractivity contribution in [3.8, 4) is 0 Å². The van der Waals surface area contributed by atoms with Crippen LogP contribution in [0.1, 0.15) is 44.6 Å². The molecule has 0 atom stereocenters. The molecular weight excluding hydrogens is 361 g/mol. The maximum Gasteiger partial charge on any atom is 0.287 e. The van der Waals surface area contributed by atoms with E-state index in [9.17, 15) is 13.2 Å². The third kappa shape index (κ3) is 3.29. The standard InChI is InChI=1S/C14H19Cl2N3O3S/c15-12-9-17-19(14(20)13(12)16)10-3-5-11(6-4-10)23(21,22)18-7-1-2-8-18/h9-11H,1-8H2/t10-,11+. The van der Waals surface area contributed by atoms with Gasteiger partial charge in [-0.15, -0.1) is 0 Å². The molecule has 1 aromatic rings. The van der Waals surface area contributed by atoms with Crippen LogP contribution in [0.15, 0.2) is 11.0 Å². The molecule has 2 heterocycles. The fourth-order valence-corrected chi connectivity index (χ4v) is 5.74. The minimum Gasteiger partial charge on any atom is -0.266 e. The van der Waals surface area contributed by atoms with Gasteiger partial charge in [0.1, 0.15) is 5.02 Å². The lowest BCUT2D eigenvalue weighted by molar-refractivity contribution is 0.312. The van der Waals surface area contributed by atoms with E-state index in [1.165, 1.54) is 10.9 Å². The molecule has 0 unspecified atom stereocenters. The van der Waals surface area contributed by atoms with E-state index < -0.39 is 15.6 Å². The normalized spacial score (nSPS) is 26.5. The van der Waals surface area contributed by atoms with Crippen LogP contribution in [-0.2, 0) is 10.0 Å². The summed E-state index contributed by atoms with van der Waals surface area (Å²) >= 11 is 11.7. The van der Waals surface area contributed by atoms with Crippen molar-refractivity contribution in [2.24, 2.45) is 0 Å². The van der Waals surface area contributed by atoms with Crippen molar-refractivity contribution in [1.29, 1.82) is 0 Å². The smallest absolute Gasteiger partial charge is 0.266 e. The van der Waals surface area contributed by atoms with E-state index in [0.717, 1.165) is 12.8 Å². The summed E-state index contributed by atoms with van der Waals surface area (Å²) in [5.74, 6) is 0. The van der Waals surface area contributed by atoms with E-state index >= 15 is 0 Å². The molecule has 9 heteroatoms. The van der Waals surface area contributed by atoms with E-state index in [2.05, 4.69) is 5.10 Å². The van der Waals surface area contributed by atoms with Crippen LogP contribution in [0.3, 0.4) is 0 Å². The van der Waals surface area contributed by atoms with Gasteiger partial charge in [0.05, 0.1) is 22.5 Å². The van der Waals surface area contributed by atoms with Crippen LogP contribution in [-0.4, -0.2) is 40.8 Å². The predicted octanol–water partition coefficient (Wildman–Crippen LogP) is 2.46. The second kappa shape index (κ2) is 6.70. The van der Waals surface area contributed by atoms with Crippen molar-refractivity contribution < 1.29 is 8.42 Å². The molecule has 1 aromatic heterocycles. The van der Waals surface area contributed by atoms with Crippen molar-refractivity contribution in [2.75, 3.05) is 13.1 Å². The molecular formula is C14H19Cl2N3O3S. The fourth-order valence-electron chi connectivity index (χ4n) is 3.43. The molecule has 23 heavy (non-hydrogen) atoms. The highest BCUT2D eigenvalue weighted by atomic mass is 35.5. The second-order valence-electron chi connectivity index (χ2n) is 6.14. The van der Waals surface area contributed by atoms with E-state index in [-0.39, 0.29) is 21.3 Å². The highest BCUT2D eigenvalue weighted by Gasteiger charge is 2.37. The van der Waals surface area contributed by atoms with Gasteiger partial charge in [-0.25, -0.2) is 17.4 Å². The highest BCUT2D eigenvalue weighted by molar-refractivity contribution is 7.89. The topological polar surface area (TPSA) is 72.3 Å². The Kier molecular flexibility index (Phi) is 5.01. The Bertz CT molecular complexity index is 736. The third-order valence-corrected chi connectivity index (χ3v) is 7.88. The molecule has 0 amide bonds. The van der Waals surface area contributed by atoms with Crippen molar-refractivity contribution in [3.05, 3.63) is 26.6 Å². The molecule has 1 saturated heterocycles. The largest absolute Gasteiger partial charge is 0.287 e. The minimum atomic E-state index is -3.21. The number of aromatic nitrogens is 2. The molecule has 0 bridgehead atoms. The van der Waals surface area contributed by atoms with Gasteiger partial charge in [0.25, 0.3) is 5.56 Å². The van der Waals surface area contributed by atoms with Gasteiger partial charge in [0, 0.05) is 13.1 Å². The van der Waals surface area contributed by atoms with Crippen LogP contribution in [0.2, 0.25) is 10.0 Å². The van der Waals surface area contributed by atoms with E-state index in [1.807, 2.05) is 0 Å². The highest BCUT2D eigenvalue weighted by Crippen LogP contribution is 2.33. The van der Waals surface area contributed by atoms with Crippen LogP contribution in [0.25, 0.3) is 0 Å². The SMILES string of the molecule is O=c1c(Cl)c(Cl)cnn1[C@H]1CC[C@@H](S(=O)(=O)N2CCCC2)CC1. The Morgan fingerprint density at radius 1 is 1.09 bits per heavy atom. The van der Waals surface area contributed by atoms with Gasteiger partial charge >= 0.3 is 0 Å². The van der Waals surface area contributed by atoms with Crippen molar-refractivity contribution >= 4 is 33.2 Å². The van der Waals surface area contributed by atoms with Gasteiger partial charge in [0.2, 0.25) is 10.0 Å². The van der Waals surface area contributed by atoms with Gasteiger partial charge in [-0.2, -0.15) is 5.10 Å². The van der Waals surface area contributed by atoms with Crippen molar-refractivity contribution in [2.45, 2.75) is 49.8 Å². The molecule has 1 aliphatic heterocycles. The number of sulfonamides is 1. The van der Waals surface area contributed by atoms with Crippen LogP contribution < -0.4 is 5.56 Å². The lowest BCUT2D eigenvalue weighted by Gasteiger charge is -2.31. The minimum absolute atomic E-state index is 0.0338. The van der Waals surface area contributed by atoms with Crippen molar-refractivity contribution in [3.63, 3.8) is 0 Å². The van der Waals surface area contributed by atoms with Gasteiger partial charge < -0.3 is 0 Å². The second-order valence-corrected chi connectivity index (χ2v) is 9.14. The molecule has 0 spiro atoms. The zero-order valence-electron chi connectivity index (χ0n) is 12.6. The Labute approximate surface area is 145 Å². The zero-order valence-corrected chi connectivity index (χ0v) is 14.9. The van der Waals surface area contributed by atoms with Crippen LogP contribution in [0, 0.1) is 0 Å². The summed E-state index contributed by atoms with van der Waals surface area (Å²) < 4.78 is 28.2. The number of nitrogens with zero attached hydrogens (tertiary/aromatic N) is 3. The van der Waals surface area contributed by atoms with Crippen molar-refractivity contribution in [1.82, 2.24) is 14.1 Å². The Morgan fingerprint density at radius 3 is 2.30 bits per heavy atom. The third-order valence-electron chi connectivity index (χ3n) is 4.74. The lowest BCUT2D eigenvalue weighted by atomic mass is 9.95. The summed E-state index contributed by atoms with van der Waals surface area (Å²) in [5, 5.41) is 3.81. The number of hydrogen-bond acceptors (Lipinski definition) is 4. The van der Waals surface area contributed by atoms with Gasteiger partial charge in [-0.1, -0.05) is 23.2 Å². The molecule has 2 fully saturated rings. The van der Waals surface area contributed by atoms with E-state index in [4.69, 9.17) is 23.2 Å². The Morgan fingerprint density at radius 2 is 1.70 bits per heavy atom. The first-order valence-electron chi connectivity index (χ1n) is 7.83. The molecule has 128 valence electrons. The first-order valence-corrected chi connectivity index (χ1v) is 10.1. The summed E-state index contributed by atoms with van der Waals surface area (Å²) in [7, 11) is -3.21. The summed E-state index contributed by atoms with van der Waals surface area (Å²) in [6.45, 7) is 1.27. The average molecular weight is 380 g/mol. The van der Waals surface area contributed by atoms with Gasteiger partial charge in [0.15, 0.2) is 0 Å². The predicted molar refractivity (Wildman–Crippen MR) is 89.5 cm³/mol. The molecule has 0 radical (unpaired) electrons. The maximum absolute atomic E-state index is 12.6. The lowest BCUT2D eigenvalue weighted by Crippen LogP contribution is -2.40. The van der Waals surface area contributed by atoms with Crippen LogP contribution in [0.5, 0.6) is 0 Å². The van der Waals surface area contributed by atoms with Gasteiger partial charge in [-0.05, 0) is 38.5 Å². The quantitative estimate of drug-likeness (QED) is 0.808.